The van der Waals surface area contributed by atoms with Gasteiger partial charge in [-0.25, -0.2) is 0 Å². The van der Waals surface area contributed by atoms with Gasteiger partial charge in [-0.3, -0.25) is 24.0 Å². The lowest BCUT2D eigenvalue weighted by molar-refractivity contribution is -0.205. The van der Waals surface area contributed by atoms with Crippen molar-refractivity contribution in [2.75, 3.05) is 0 Å². The predicted octanol–water partition coefficient (Wildman–Crippen LogP) is 5.31. The Morgan fingerprint density at radius 1 is 1.00 bits per heavy atom. The molecule has 7 heteroatoms. The van der Waals surface area contributed by atoms with Crippen LogP contribution in [-0.2, 0) is 32.0 Å². The minimum absolute atomic E-state index is 0.00943. The maximum atomic E-state index is 14.6. The summed E-state index contributed by atoms with van der Waals surface area (Å²) in [5.74, 6) is -8.75. The van der Waals surface area contributed by atoms with E-state index in [0.717, 1.165) is 29.2 Å². The van der Waals surface area contributed by atoms with Gasteiger partial charge in [-0.1, -0.05) is 71.9 Å². The minimum Gasteiger partial charge on any atom is -0.507 e. The van der Waals surface area contributed by atoms with Gasteiger partial charge in [0, 0.05) is 16.9 Å². The van der Waals surface area contributed by atoms with Gasteiger partial charge in [0.15, 0.2) is 28.7 Å². The molecule has 7 nitrogen and oxygen atoms in total. The number of allylic oxidation sites excluding steroid dienone is 1. The van der Waals surface area contributed by atoms with Crippen LogP contribution in [0.1, 0.15) is 99.0 Å². The number of carbonyl (C=O) groups is 5. The van der Waals surface area contributed by atoms with Crippen LogP contribution in [0.4, 0.5) is 0 Å². The monoisotopic (exact) mass is 596 g/mol. The number of phenolic OH excluding ortho intramolecular Hbond substituents is 1. The number of fused-ring (bicyclic) bond motifs is 4. The van der Waals surface area contributed by atoms with Crippen LogP contribution >= 0.6 is 0 Å². The lowest BCUT2D eigenvalue weighted by Crippen LogP contribution is -2.76. The number of aromatic hydroxyl groups is 1. The molecular formula is C37H40O7. The van der Waals surface area contributed by atoms with Crippen molar-refractivity contribution in [1.82, 2.24) is 0 Å². The van der Waals surface area contributed by atoms with Gasteiger partial charge in [0.05, 0.1) is 11.5 Å². The molecular weight excluding hydrogens is 556 g/mol. The smallest absolute Gasteiger partial charge is 0.190 e. The normalized spacial score (nSPS) is 32.8. The molecule has 44 heavy (non-hydrogen) atoms. The van der Waals surface area contributed by atoms with E-state index in [-0.39, 0.29) is 36.0 Å². The van der Waals surface area contributed by atoms with Crippen molar-refractivity contribution in [1.29, 1.82) is 0 Å². The Morgan fingerprint density at radius 3 is 2.25 bits per heavy atom. The molecule has 0 heterocycles. The second-order valence-corrected chi connectivity index (χ2v) is 14.7. The average Bonchev–Trinajstić information content (AvgIpc) is 3.34. The van der Waals surface area contributed by atoms with Crippen LogP contribution in [0.25, 0.3) is 11.6 Å². The van der Waals surface area contributed by atoms with Gasteiger partial charge in [-0.05, 0) is 77.3 Å². The molecule has 0 aromatic heterocycles. The third-order valence-electron chi connectivity index (χ3n) is 11.1. The van der Waals surface area contributed by atoms with E-state index in [1.165, 1.54) is 0 Å². The van der Waals surface area contributed by atoms with Crippen LogP contribution in [0.2, 0.25) is 0 Å². The Balaban J connectivity index is 1.55. The Morgan fingerprint density at radius 2 is 1.66 bits per heavy atom. The largest absolute Gasteiger partial charge is 0.507 e. The van der Waals surface area contributed by atoms with E-state index in [9.17, 15) is 34.2 Å². The van der Waals surface area contributed by atoms with Crippen LogP contribution in [0, 0.1) is 34.5 Å². The van der Waals surface area contributed by atoms with Crippen molar-refractivity contribution in [3.8, 4) is 5.75 Å². The molecule has 6 rings (SSSR count). The summed E-state index contributed by atoms with van der Waals surface area (Å²) >= 11 is 0. The highest BCUT2D eigenvalue weighted by molar-refractivity contribution is 6.32. The fourth-order valence-corrected chi connectivity index (χ4v) is 9.44. The fraction of sp³-hybridized carbons (Fsp3) is 0.486. The highest BCUT2D eigenvalue weighted by Crippen LogP contribution is 2.64. The standard InChI is InChI=1S/C37H40O7/c1-17(2)23-14-24(22-12-20-10-8-9-11-21(20)13-22)30(39)27-25(23)15-35(6)16-36(7)28(18(3)4)31(40)26(19(5)38)33(42)37(36,44)34(43)29(35)32(27)41/h8-12,14,17-18,26,28-29,39,44H,13,15-16H2,1-7H3/t26?,28?,29?,35-,36-,37+/m1/s1. The summed E-state index contributed by atoms with van der Waals surface area (Å²) in [4.78, 5) is 69.5. The van der Waals surface area contributed by atoms with Crippen molar-refractivity contribution >= 4 is 40.6 Å². The van der Waals surface area contributed by atoms with Gasteiger partial charge in [-0.15, -0.1) is 0 Å². The SMILES string of the molecule is CC(=O)C1C(=O)C(C(C)C)[C@@]2(C)C[C@@]3(C)Cc4c(C(C)C)cc(C5=Cc6ccccc6C5)c(O)c4C(=O)C3C(=O)[C@@]2(O)C1=O. The second kappa shape index (κ2) is 9.64. The number of phenols is 1. The summed E-state index contributed by atoms with van der Waals surface area (Å²) in [6.07, 6.45) is 2.88. The fourth-order valence-electron chi connectivity index (χ4n) is 9.44. The first-order valence-electron chi connectivity index (χ1n) is 15.6. The Hall–Kier alpha value is -3.71. The van der Waals surface area contributed by atoms with E-state index >= 15 is 0 Å². The van der Waals surface area contributed by atoms with Crippen LogP contribution in [-0.4, -0.2) is 44.7 Å². The van der Waals surface area contributed by atoms with Crippen molar-refractivity contribution in [2.24, 2.45) is 34.5 Å². The van der Waals surface area contributed by atoms with Gasteiger partial charge >= 0.3 is 0 Å². The molecule has 4 aliphatic carbocycles. The molecule has 230 valence electrons. The zero-order valence-corrected chi connectivity index (χ0v) is 26.4. The summed E-state index contributed by atoms with van der Waals surface area (Å²) in [7, 11) is 0. The zero-order chi connectivity index (χ0) is 32.3. The first-order chi connectivity index (χ1) is 20.5. The molecule has 0 radical (unpaired) electrons. The minimum atomic E-state index is -2.70. The van der Waals surface area contributed by atoms with E-state index < -0.39 is 63.1 Å². The van der Waals surface area contributed by atoms with Gasteiger partial charge in [0.25, 0.3) is 0 Å². The number of Topliss-reactive ketones (excluding diaryl/α,β-unsaturated/α-hetero) is 5. The Labute approximate surface area is 257 Å². The molecule has 4 aliphatic rings. The number of benzene rings is 2. The molecule has 0 spiro atoms. The summed E-state index contributed by atoms with van der Waals surface area (Å²) < 4.78 is 0. The van der Waals surface area contributed by atoms with E-state index in [2.05, 4.69) is 0 Å². The molecule has 0 aliphatic heterocycles. The summed E-state index contributed by atoms with van der Waals surface area (Å²) in [6.45, 7) is 12.1. The predicted molar refractivity (Wildman–Crippen MR) is 165 cm³/mol. The maximum Gasteiger partial charge on any atom is 0.190 e. The van der Waals surface area contributed by atoms with Crippen molar-refractivity contribution in [3.63, 3.8) is 0 Å². The maximum absolute atomic E-state index is 14.6. The number of carbonyl (C=O) groups excluding carboxylic acids is 5. The number of aliphatic hydroxyl groups is 1. The molecule has 6 atom stereocenters. The van der Waals surface area contributed by atoms with Crippen LogP contribution in [0.5, 0.6) is 5.75 Å². The third-order valence-corrected chi connectivity index (χ3v) is 11.1. The van der Waals surface area contributed by atoms with E-state index in [0.29, 0.717) is 17.5 Å². The third kappa shape index (κ3) is 3.74. The zero-order valence-electron chi connectivity index (χ0n) is 26.4. The molecule has 0 amide bonds. The van der Waals surface area contributed by atoms with Gasteiger partial charge in [0.1, 0.15) is 17.5 Å². The molecule has 0 saturated heterocycles. The molecule has 3 unspecified atom stereocenters. The topological polar surface area (TPSA) is 126 Å². The van der Waals surface area contributed by atoms with Gasteiger partial charge in [-0.2, -0.15) is 0 Å². The van der Waals surface area contributed by atoms with Crippen molar-refractivity contribution in [2.45, 2.75) is 79.2 Å². The van der Waals surface area contributed by atoms with Gasteiger partial charge in [0.2, 0.25) is 0 Å². The van der Waals surface area contributed by atoms with Crippen molar-refractivity contribution < 1.29 is 34.2 Å². The van der Waals surface area contributed by atoms with E-state index in [1.54, 1.807) is 20.8 Å². The molecule has 2 fully saturated rings. The second-order valence-electron chi connectivity index (χ2n) is 14.7. The quantitative estimate of drug-likeness (QED) is 0.458. The number of rotatable bonds is 4. The number of ketones is 5. The molecule has 2 aromatic rings. The molecule has 2 saturated carbocycles. The molecule has 2 aromatic carbocycles. The summed E-state index contributed by atoms with van der Waals surface area (Å²) in [6, 6.07) is 9.89. The highest BCUT2D eigenvalue weighted by Gasteiger charge is 2.76. The Kier molecular flexibility index (Phi) is 6.65. The van der Waals surface area contributed by atoms with E-state index in [1.807, 2.05) is 57.2 Å². The first kappa shape index (κ1) is 30.3. The lowest BCUT2D eigenvalue weighted by atomic mass is 9.39. The average molecular weight is 597 g/mol. The number of hydrogen-bond donors (Lipinski definition) is 2. The summed E-state index contributed by atoms with van der Waals surface area (Å²) in [5.41, 5.74) is -0.104. The molecule has 2 N–H and O–H groups in total. The summed E-state index contributed by atoms with van der Waals surface area (Å²) in [5, 5.41) is 24.1. The first-order valence-corrected chi connectivity index (χ1v) is 15.6. The van der Waals surface area contributed by atoms with Crippen LogP contribution in [0.3, 0.4) is 0 Å². The lowest BCUT2D eigenvalue weighted by Gasteiger charge is -2.62. The van der Waals surface area contributed by atoms with Crippen molar-refractivity contribution in [3.05, 3.63) is 63.7 Å². The van der Waals surface area contributed by atoms with Crippen LogP contribution in [0.15, 0.2) is 30.3 Å². The highest BCUT2D eigenvalue weighted by atomic mass is 16.3. The number of hydrogen-bond acceptors (Lipinski definition) is 7. The van der Waals surface area contributed by atoms with Gasteiger partial charge < -0.3 is 10.2 Å². The molecule has 0 bridgehead atoms. The Bertz CT molecular complexity index is 1730. The van der Waals surface area contributed by atoms with Crippen LogP contribution < -0.4 is 0 Å². The van der Waals surface area contributed by atoms with E-state index in [4.69, 9.17) is 0 Å².